The Balaban J connectivity index is 4.37. The molecule has 0 aromatic carbocycles. The Hall–Kier alpha value is -2.45. The van der Waals surface area contributed by atoms with E-state index < -0.39 is 18.1 Å². The number of carboxylic acid groups (broad SMARTS) is 1. The third-order valence-corrected chi connectivity index (χ3v) is 10.0. The maximum atomic E-state index is 12.7. The molecule has 0 rings (SSSR count). The van der Waals surface area contributed by atoms with Crippen LogP contribution in [0.5, 0.6) is 0 Å². The second-order valence-corrected chi connectivity index (χ2v) is 16.3. The van der Waals surface area contributed by atoms with Gasteiger partial charge in [-0.3, -0.25) is 9.59 Å². The highest BCUT2D eigenvalue weighted by atomic mass is 16.6. The highest BCUT2D eigenvalue weighted by Crippen LogP contribution is 2.14. The molecule has 0 amide bonds. The van der Waals surface area contributed by atoms with Crippen molar-refractivity contribution in [2.45, 2.75) is 206 Å². The molecule has 0 aliphatic heterocycles. The molecule has 0 saturated heterocycles. The standard InChI is InChI=1S/C47H85NO7/c1-6-8-10-12-14-16-18-20-22-24-26-28-30-32-34-36-38-46(50)55-43(41-53-40-39-44(47(51)52)48(3,4)5)42-54-45(49)37-35-33-31-29-27-25-23-21-19-17-15-13-11-9-7-2/h15,17,19,21-22,24,43-44H,6-14,16,18,20,23,25-42H2,1-5H3/b17-15+,21-19+,24-22+. The summed E-state index contributed by atoms with van der Waals surface area (Å²) in [7, 11) is 5.40. The summed E-state index contributed by atoms with van der Waals surface area (Å²) >= 11 is 0. The Morgan fingerprint density at radius 1 is 0.545 bits per heavy atom. The molecule has 0 aliphatic rings. The number of rotatable bonds is 40. The van der Waals surface area contributed by atoms with Gasteiger partial charge in [0.25, 0.3) is 0 Å². The monoisotopic (exact) mass is 776 g/mol. The van der Waals surface area contributed by atoms with E-state index in [0.29, 0.717) is 12.8 Å². The lowest BCUT2D eigenvalue weighted by Gasteiger charge is -2.34. The van der Waals surface area contributed by atoms with Crippen molar-refractivity contribution in [3.63, 3.8) is 0 Å². The number of hydrogen-bond donors (Lipinski definition) is 0. The molecule has 0 aromatic heterocycles. The van der Waals surface area contributed by atoms with Crippen LogP contribution in [-0.4, -0.2) is 75.5 Å². The van der Waals surface area contributed by atoms with Crippen LogP contribution in [0.3, 0.4) is 0 Å². The fraction of sp³-hybridized carbons (Fsp3) is 0.809. The third-order valence-electron chi connectivity index (χ3n) is 10.0. The number of carbonyl (C=O) groups is 3. The van der Waals surface area contributed by atoms with Crippen molar-refractivity contribution >= 4 is 17.9 Å². The number of quaternary nitrogens is 1. The molecule has 2 atom stereocenters. The van der Waals surface area contributed by atoms with Crippen molar-refractivity contribution in [3.05, 3.63) is 36.5 Å². The largest absolute Gasteiger partial charge is 0.544 e. The number of unbranched alkanes of at least 4 members (excludes halogenated alkanes) is 21. The molecule has 0 spiro atoms. The van der Waals surface area contributed by atoms with E-state index in [1.165, 1.54) is 96.3 Å². The lowest BCUT2D eigenvalue weighted by atomic mass is 10.1. The van der Waals surface area contributed by atoms with Gasteiger partial charge in [0.15, 0.2) is 6.10 Å². The fourth-order valence-electron chi connectivity index (χ4n) is 6.47. The van der Waals surface area contributed by atoms with E-state index in [1.54, 1.807) is 21.1 Å². The minimum absolute atomic E-state index is 0.0346. The van der Waals surface area contributed by atoms with Gasteiger partial charge in [-0.25, -0.2) is 0 Å². The molecule has 0 saturated carbocycles. The van der Waals surface area contributed by atoms with Crippen molar-refractivity contribution < 1.29 is 38.2 Å². The minimum atomic E-state index is -1.13. The van der Waals surface area contributed by atoms with Gasteiger partial charge in [0, 0.05) is 19.3 Å². The van der Waals surface area contributed by atoms with Crippen molar-refractivity contribution in [2.75, 3.05) is 41.0 Å². The highest BCUT2D eigenvalue weighted by molar-refractivity contribution is 5.70. The first-order valence-electron chi connectivity index (χ1n) is 22.5. The van der Waals surface area contributed by atoms with E-state index in [-0.39, 0.29) is 42.7 Å². The van der Waals surface area contributed by atoms with Gasteiger partial charge in [0.2, 0.25) is 0 Å². The maximum absolute atomic E-state index is 12.7. The summed E-state index contributed by atoms with van der Waals surface area (Å²) in [5, 5.41) is 11.6. The number of hydrogen-bond acceptors (Lipinski definition) is 7. The lowest BCUT2D eigenvalue weighted by molar-refractivity contribution is -0.889. The van der Waals surface area contributed by atoms with Gasteiger partial charge in [-0.1, -0.05) is 147 Å². The predicted octanol–water partition coefficient (Wildman–Crippen LogP) is 10.9. The molecule has 0 N–H and O–H groups in total. The summed E-state index contributed by atoms with van der Waals surface area (Å²) < 4.78 is 17.2. The van der Waals surface area contributed by atoms with Gasteiger partial charge in [-0.15, -0.1) is 0 Å². The molecule has 0 bridgehead atoms. The van der Waals surface area contributed by atoms with Gasteiger partial charge in [0.1, 0.15) is 12.6 Å². The van der Waals surface area contributed by atoms with E-state index in [9.17, 15) is 19.5 Å². The van der Waals surface area contributed by atoms with Crippen LogP contribution in [0, 0.1) is 0 Å². The molecule has 0 fully saturated rings. The molecular formula is C47H85NO7. The summed E-state index contributed by atoms with van der Waals surface area (Å²) in [6, 6.07) is -0.728. The second-order valence-electron chi connectivity index (χ2n) is 16.3. The van der Waals surface area contributed by atoms with Crippen LogP contribution in [0.25, 0.3) is 0 Å². The first kappa shape index (κ1) is 52.6. The highest BCUT2D eigenvalue weighted by Gasteiger charge is 2.25. The number of likely N-dealkylation sites (N-methyl/N-ethyl adjacent to an activating group) is 1. The Morgan fingerprint density at radius 2 is 0.964 bits per heavy atom. The molecule has 55 heavy (non-hydrogen) atoms. The predicted molar refractivity (Wildman–Crippen MR) is 227 cm³/mol. The lowest BCUT2D eigenvalue weighted by Crippen LogP contribution is -2.55. The summed E-state index contributed by atoms with van der Waals surface area (Å²) in [5.41, 5.74) is 0. The number of nitrogens with zero attached hydrogens (tertiary/aromatic N) is 1. The molecule has 0 aliphatic carbocycles. The van der Waals surface area contributed by atoms with Gasteiger partial charge >= 0.3 is 11.9 Å². The van der Waals surface area contributed by atoms with Gasteiger partial charge < -0.3 is 28.6 Å². The number of carbonyl (C=O) groups excluding carboxylic acids is 3. The fourth-order valence-corrected chi connectivity index (χ4v) is 6.47. The Morgan fingerprint density at radius 3 is 1.45 bits per heavy atom. The Labute approximate surface area is 338 Å². The van der Waals surface area contributed by atoms with Crippen LogP contribution in [0.15, 0.2) is 36.5 Å². The van der Waals surface area contributed by atoms with Crippen molar-refractivity contribution in [1.82, 2.24) is 0 Å². The zero-order valence-corrected chi connectivity index (χ0v) is 36.3. The van der Waals surface area contributed by atoms with Crippen LogP contribution in [-0.2, 0) is 28.6 Å². The Bertz CT molecular complexity index is 1000. The average Bonchev–Trinajstić information content (AvgIpc) is 3.14. The van der Waals surface area contributed by atoms with Crippen molar-refractivity contribution in [3.8, 4) is 0 Å². The van der Waals surface area contributed by atoms with Gasteiger partial charge in [0.05, 0.1) is 40.3 Å². The smallest absolute Gasteiger partial charge is 0.306 e. The van der Waals surface area contributed by atoms with Gasteiger partial charge in [-0.2, -0.15) is 0 Å². The van der Waals surface area contributed by atoms with Crippen molar-refractivity contribution in [2.24, 2.45) is 0 Å². The average molecular weight is 776 g/mol. The topological polar surface area (TPSA) is 102 Å². The molecule has 8 nitrogen and oxygen atoms in total. The summed E-state index contributed by atoms with van der Waals surface area (Å²) in [6.07, 6.45) is 43.0. The molecule has 320 valence electrons. The van der Waals surface area contributed by atoms with Crippen LogP contribution < -0.4 is 5.11 Å². The SMILES string of the molecule is CCCCC/C=C/C=C/CCCCCCCCC(=O)OCC(COCCC(C(=O)[O-])[N+](C)(C)C)OC(=O)CCCCCCC/C=C/CCCCCCCCC. The normalized spacial score (nSPS) is 13.3. The van der Waals surface area contributed by atoms with Crippen LogP contribution in [0.2, 0.25) is 0 Å². The first-order chi connectivity index (χ1) is 26.6. The minimum Gasteiger partial charge on any atom is -0.544 e. The van der Waals surface area contributed by atoms with E-state index in [0.717, 1.165) is 64.2 Å². The molecular weight excluding hydrogens is 691 g/mol. The number of allylic oxidation sites excluding steroid dienone is 6. The Kier molecular flexibility index (Phi) is 36.7. The zero-order chi connectivity index (χ0) is 40.7. The van der Waals surface area contributed by atoms with Crippen molar-refractivity contribution in [1.29, 1.82) is 0 Å². The molecule has 0 radical (unpaired) electrons. The third kappa shape index (κ3) is 36.9. The molecule has 0 heterocycles. The van der Waals surface area contributed by atoms with Crippen LogP contribution in [0.1, 0.15) is 194 Å². The number of aliphatic carboxylic acids is 1. The van der Waals surface area contributed by atoms with Gasteiger partial charge in [-0.05, 0) is 64.2 Å². The van der Waals surface area contributed by atoms with Crippen LogP contribution in [0.4, 0.5) is 0 Å². The summed E-state index contributed by atoms with van der Waals surface area (Å²) in [4.78, 5) is 36.8. The number of esters is 2. The quantitative estimate of drug-likeness (QED) is 0.0201. The summed E-state index contributed by atoms with van der Waals surface area (Å²) in [6.45, 7) is 4.61. The molecule has 0 aromatic rings. The van der Waals surface area contributed by atoms with E-state index in [2.05, 4.69) is 50.3 Å². The second kappa shape index (κ2) is 38.4. The molecule has 8 heteroatoms. The first-order valence-corrected chi connectivity index (χ1v) is 22.5. The van der Waals surface area contributed by atoms with E-state index in [1.807, 2.05) is 0 Å². The zero-order valence-electron chi connectivity index (χ0n) is 36.3. The molecule has 2 unspecified atom stereocenters. The van der Waals surface area contributed by atoms with E-state index in [4.69, 9.17) is 14.2 Å². The maximum Gasteiger partial charge on any atom is 0.306 e. The summed E-state index contributed by atoms with van der Waals surface area (Å²) in [5.74, 6) is -1.76. The number of ether oxygens (including phenoxy) is 3. The number of carboxylic acids is 1. The van der Waals surface area contributed by atoms with E-state index >= 15 is 0 Å². The van der Waals surface area contributed by atoms with Crippen LogP contribution >= 0.6 is 0 Å².